The molecule has 4 nitrogen and oxygen atoms in total. The van der Waals surface area contributed by atoms with Gasteiger partial charge in [-0.2, -0.15) is 0 Å². The van der Waals surface area contributed by atoms with Crippen LogP contribution in [0.1, 0.15) is 33.4 Å². The maximum Gasteiger partial charge on any atom is 0.152 e. The molecule has 152 valence electrons. The number of rotatable bonds is 7. The lowest BCUT2D eigenvalue weighted by atomic mass is 9.93. The van der Waals surface area contributed by atoms with E-state index in [0.29, 0.717) is 17.9 Å². The number of hydrogen-bond donors (Lipinski definition) is 3. The van der Waals surface area contributed by atoms with Crippen LogP contribution in [0.25, 0.3) is 0 Å². The van der Waals surface area contributed by atoms with Gasteiger partial charge in [0.1, 0.15) is 18.8 Å². The molecule has 0 radical (unpaired) electrons. The van der Waals surface area contributed by atoms with Gasteiger partial charge in [-0.05, 0) is 78.1 Å². The number of phenolic OH excluding ortho intramolecular Hbond substituents is 1. The van der Waals surface area contributed by atoms with E-state index in [2.05, 4.69) is 24.5 Å². The molecule has 0 aromatic heterocycles. The minimum atomic E-state index is -3.21. The van der Waals surface area contributed by atoms with Crippen LogP contribution >= 0.6 is 7.34 Å². The lowest BCUT2D eigenvalue weighted by molar-refractivity contribution is 0.344. The first-order valence-corrected chi connectivity index (χ1v) is 11.5. The van der Waals surface area contributed by atoms with Crippen LogP contribution in [-0.2, 0) is 12.8 Å². The lowest BCUT2D eigenvalue weighted by Crippen LogP contribution is -2.02. The molecular formula is C24H27O4P. The van der Waals surface area contributed by atoms with Crippen molar-refractivity contribution in [1.29, 1.82) is 0 Å². The van der Waals surface area contributed by atoms with Crippen molar-refractivity contribution < 1.29 is 19.6 Å². The lowest BCUT2D eigenvalue weighted by Gasteiger charge is -2.16. The Kier molecular flexibility index (Phi) is 6.49. The van der Waals surface area contributed by atoms with E-state index in [1.807, 2.05) is 50.2 Å². The smallest absolute Gasteiger partial charge is 0.152 e. The fourth-order valence-corrected chi connectivity index (χ4v) is 3.76. The highest BCUT2D eigenvalue weighted by molar-refractivity contribution is 7.62. The maximum absolute atomic E-state index is 10.3. The van der Waals surface area contributed by atoms with Crippen molar-refractivity contribution in [3.63, 3.8) is 0 Å². The van der Waals surface area contributed by atoms with Crippen LogP contribution < -0.4 is 4.74 Å². The Morgan fingerprint density at radius 2 is 1.52 bits per heavy atom. The first-order valence-electron chi connectivity index (χ1n) is 9.47. The van der Waals surface area contributed by atoms with Gasteiger partial charge in [0.15, 0.2) is 6.35 Å². The normalized spacial score (nSPS) is 11.4. The number of hydrogen-bond acceptors (Lipinski definition) is 4. The molecule has 5 heteroatoms. The molecule has 0 atom stereocenters. The van der Waals surface area contributed by atoms with Gasteiger partial charge in [0.2, 0.25) is 0 Å². The Morgan fingerprint density at radius 1 is 0.862 bits per heavy atom. The van der Waals surface area contributed by atoms with E-state index >= 15 is 0 Å². The molecule has 3 N–H and O–H groups in total. The molecule has 3 aromatic carbocycles. The number of aryl methyl sites for hydroxylation is 2. The quantitative estimate of drug-likeness (QED) is 0.490. The zero-order valence-electron chi connectivity index (χ0n) is 16.8. The molecule has 0 aliphatic carbocycles. The number of aromatic hydroxyl groups is 1. The zero-order valence-corrected chi connectivity index (χ0v) is 17.7. The van der Waals surface area contributed by atoms with Crippen LogP contribution in [0, 0.1) is 13.8 Å². The SMILES string of the molecule is C=P(O)(O)COc1cc(C)c(Cc2ccc(O)c(Cc3ccccc3)c2)c(C)c1. The maximum atomic E-state index is 10.3. The molecule has 0 aliphatic rings. The standard InChI is InChI=1S/C24H27O4P/c1-17-11-22(28-16-29(3,26)27)12-18(2)23(17)15-20-9-10-24(25)21(14-20)13-19-7-5-4-6-8-19/h4-12,14,25-27H,3,13,15-16H2,1-2H3. The van der Waals surface area contributed by atoms with E-state index in [-0.39, 0.29) is 6.35 Å². The van der Waals surface area contributed by atoms with Gasteiger partial charge in [0.25, 0.3) is 0 Å². The third-order valence-corrected chi connectivity index (χ3v) is 5.41. The molecule has 0 aliphatic heterocycles. The van der Waals surface area contributed by atoms with Gasteiger partial charge < -0.3 is 19.6 Å². The van der Waals surface area contributed by atoms with Crippen LogP contribution in [0.4, 0.5) is 0 Å². The largest absolute Gasteiger partial charge is 0.508 e. The van der Waals surface area contributed by atoms with Crippen molar-refractivity contribution in [2.45, 2.75) is 26.7 Å². The van der Waals surface area contributed by atoms with E-state index in [4.69, 9.17) is 4.74 Å². The zero-order chi connectivity index (χ0) is 21.0. The Hall–Kier alpha value is -2.52. The minimum absolute atomic E-state index is 0.188. The highest BCUT2D eigenvalue weighted by atomic mass is 31.2. The first kappa shape index (κ1) is 21.2. The van der Waals surface area contributed by atoms with Crippen LogP contribution in [0.15, 0.2) is 60.7 Å². The summed E-state index contributed by atoms with van der Waals surface area (Å²) in [5, 5.41) is 10.3. The molecule has 0 fully saturated rings. The average Bonchev–Trinajstić information content (AvgIpc) is 2.66. The molecule has 29 heavy (non-hydrogen) atoms. The second kappa shape index (κ2) is 8.87. The molecule has 3 rings (SSSR count). The second-order valence-electron chi connectivity index (χ2n) is 7.49. The van der Waals surface area contributed by atoms with Crippen LogP contribution in [-0.4, -0.2) is 27.5 Å². The van der Waals surface area contributed by atoms with Crippen molar-refractivity contribution in [3.05, 3.63) is 94.0 Å². The summed E-state index contributed by atoms with van der Waals surface area (Å²) in [6.45, 7) is 4.04. The van der Waals surface area contributed by atoms with E-state index in [9.17, 15) is 14.9 Å². The summed E-state index contributed by atoms with van der Waals surface area (Å²) in [6, 6.07) is 19.7. The topological polar surface area (TPSA) is 69.9 Å². The number of ether oxygens (including phenoxy) is 1. The first-order chi connectivity index (χ1) is 13.7. The predicted octanol–water partition coefficient (Wildman–Crippen LogP) is 4.79. The van der Waals surface area contributed by atoms with Crippen molar-refractivity contribution in [2.24, 2.45) is 0 Å². The molecule has 0 saturated carbocycles. The van der Waals surface area contributed by atoms with Gasteiger partial charge in [-0.25, -0.2) is 0 Å². The van der Waals surface area contributed by atoms with E-state index in [1.54, 1.807) is 6.07 Å². The van der Waals surface area contributed by atoms with Crippen molar-refractivity contribution in [2.75, 3.05) is 6.35 Å². The van der Waals surface area contributed by atoms with E-state index < -0.39 is 7.34 Å². The Balaban J connectivity index is 1.81. The summed E-state index contributed by atoms with van der Waals surface area (Å²) in [6.07, 6.45) is 4.56. The molecule has 0 amide bonds. The van der Waals surface area contributed by atoms with Crippen LogP contribution in [0.2, 0.25) is 0 Å². The second-order valence-corrected chi connectivity index (χ2v) is 9.51. The summed E-state index contributed by atoms with van der Waals surface area (Å²) < 4.78 is 5.49. The summed E-state index contributed by atoms with van der Waals surface area (Å²) >= 11 is 0. The van der Waals surface area contributed by atoms with Gasteiger partial charge in [0, 0.05) is 6.42 Å². The summed E-state index contributed by atoms with van der Waals surface area (Å²) in [5.74, 6) is 0.915. The number of benzene rings is 3. The third-order valence-electron chi connectivity index (χ3n) is 4.87. The molecular weight excluding hydrogens is 383 g/mol. The Morgan fingerprint density at radius 3 is 2.14 bits per heavy atom. The molecule has 3 aromatic rings. The summed E-state index contributed by atoms with van der Waals surface area (Å²) in [4.78, 5) is 18.9. The third kappa shape index (κ3) is 5.98. The molecule has 0 heterocycles. The van der Waals surface area contributed by atoms with E-state index in [0.717, 1.165) is 34.2 Å². The predicted molar refractivity (Wildman–Crippen MR) is 120 cm³/mol. The Labute approximate surface area is 172 Å². The molecule has 0 unspecified atom stereocenters. The fraction of sp³-hybridized carbons (Fsp3) is 0.208. The molecule has 0 spiro atoms. The monoisotopic (exact) mass is 410 g/mol. The van der Waals surface area contributed by atoms with Crippen LogP contribution in [0.5, 0.6) is 11.5 Å². The highest BCUT2D eigenvalue weighted by Gasteiger charge is 2.11. The van der Waals surface area contributed by atoms with Crippen LogP contribution in [0.3, 0.4) is 0 Å². The van der Waals surface area contributed by atoms with Gasteiger partial charge >= 0.3 is 0 Å². The number of phenols is 1. The van der Waals surface area contributed by atoms with Crippen molar-refractivity contribution in [1.82, 2.24) is 0 Å². The minimum Gasteiger partial charge on any atom is -0.508 e. The van der Waals surface area contributed by atoms with E-state index in [1.165, 1.54) is 5.56 Å². The average molecular weight is 410 g/mol. The van der Waals surface area contributed by atoms with Gasteiger partial charge in [0.05, 0.1) is 0 Å². The summed E-state index contributed by atoms with van der Waals surface area (Å²) in [7, 11) is -3.21. The fourth-order valence-electron chi connectivity index (χ4n) is 3.40. The summed E-state index contributed by atoms with van der Waals surface area (Å²) in [5.41, 5.74) is 6.53. The van der Waals surface area contributed by atoms with Gasteiger partial charge in [-0.3, -0.25) is 0 Å². The highest BCUT2D eigenvalue weighted by Crippen LogP contribution is 2.35. The van der Waals surface area contributed by atoms with Crippen molar-refractivity contribution in [3.8, 4) is 11.5 Å². The van der Waals surface area contributed by atoms with Crippen molar-refractivity contribution >= 4 is 13.6 Å². The Bertz CT molecular complexity index is 1010. The van der Waals surface area contributed by atoms with Gasteiger partial charge in [-0.15, -0.1) is 0 Å². The van der Waals surface area contributed by atoms with Gasteiger partial charge in [-0.1, -0.05) is 42.5 Å². The molecule has 0 bridgehead atoms. The molecule has 0 saturated heterocycles.